The first kappa shape index (κ1) is 18.0. The molecule has 2 atom stereocenters. The summed E-state index contributed by atoms with van der Waals surface area (Å²) in [7, 11) is 0. The van der Waals surface area contributed by atoms with E-state index in [0.29, 0.717) is 19.4 Å². The number of carbonyl (C=O) groups excluding carboxylic acids is 2. The van der Waals surface area contributed by atoms with Crippen LogP contribution in [0, 0.1) is 5.92 Å². The minimum Gasteiger partial charge on any atom is -0.378 e. The molecule has 0 unspecified atom stereocenters. The van der Waals surface area contributed by atoms with Gasteiger partial charge in [0.1, 0.15) is 11.8 Å². The molecule has 3 N–H and O–H groups in total. The first-order chi connectivity index (χ1) is 13.5. The van der Waals surface area contributed by atoms with E-state index in [9.17, 15) is 14.7 Å². The van der Waals surface area contributed by atoms with Crippen LogP contribution in [-0.4, -0.2) is 44.8 Å². The quantitative estimate of drug-likeness (QED) is 0.669. The van der Waals surface area contributed by atoms with Gasteiger partial charge in [-0.25, -0.2) is 4.79 Å². The van der Waals surface area contributed by atoms with Crippen LogP contribution in [0.25, 0.3) is 10.9 Å². The van der Waals surface area contributed by atoms with E-state index in [2.05, 4.69) is 21.3 Å². The van der Waals surface area contributed by atoms with Gasteiger partial charge in [0.2, 0.25) is 0 Å². The second kappa shape index (κ2) is 6.47. The van der Waals surface area contributed by atoms with Crippen molar-refractivity contribution in [3.63, 3.8) is 0 Å². The monoisotopic (exact) mass is 402 g/mol. The summed E-state index contributed by atoms with van der Waals surface area (Å²) in [5, 5.41) is 17.9. The van der Waals surface area contributed by atoms with E-state index in [4.69, 9.17) is 11.6 Å². The fourth-order valence-electron chi connectivity index (χ4n) is 4.74. The summed E-state index contributed by atoms with van der Waals surface area (Å²) in [5.74, 6) is -0.0670. The molecular formula is C20H23ClN4O3. The van der Waals surface area contributed by atoms with Gasteiger partial charge in [0, 0.05) is 41.3 Å². The molecular weight excluding hydrogens is 380 g/mol. The molecule has 0 radical (unpaired) electrons. The number of aromatic nitrogens is 1. The average molecular weight is 403 g/mol. The molecule has 0 spiro atoms. The molecule has 1 aromatic carbocycles. The van der Waals surface area contributed by atoms with Crippen molar-refractivity contribution in [3.05, 3.63) is 35.0 Å². The number of nitrogens with zero attached hydrogens (tertiary/aromatic N) is 2. The van der Waals surface area contributed by atoms with Crippen molar-refractivity contribution in [2.45, 2.75) is 50.5 Å². The number of hydrogen-bond acceptors (Lipinski definition) is 4. The highest BCUT2D eigenvalue weighted by Gasteiger charge is 2.55. The highest BCUT2D eigenvalue weighted by molar-refractivity contribution is 6.31. The van der Waals surface area contributed by atoms with Gasteiger partial charge in [-0.2, -0.15) is 0 Å². The highest BCUT2D eigenvalue weighted by Crippen LogP contribution is 2.44. The van der Waals surface area contributed by atoms with Crippen LogP contribution < -0.4 is 10.6 Å². The molecule has 3 amide bonds. The van der Waals surface area contributed by atoms with Gasteiger partial charge in [0.25, 0.3) is 5.91 Å². The summed E-state index contributed by atoms with van der Waals surface area (Å²) >= 11 is 6.14. The van der Waals surface area contributed by atoms with E-state index in [1.165, 1.54) is 0 Å². The van der Waals surface area contributed by atoms with E-state index in [0.717, 1.165) is 47.6 Å². The molecule has 148 valence electrons. The van der Waals surface area contributed by atoms with Crippen LogP contribution in [0.4, 0.5) is 4.79 Å². The lowest BCUT2D eigenvalue weighted by Gasteiger charge is -2.34. The van der Waals surface area contributed by atoms with Crippen molar-refractivity contribution in [1.82, 2.24) is 20.1 Å². The third-order valence-electron chi connectivity index (χ3n) is 6.39. The summed E-state index contributed by atoms with van der Waals surface area (Å²) in [5.41, 5.74) is 1.42. The SMILES string of the molecule is O=C1NC(=O)[C@](CC[C@H](O)N2CCn3c(cc4ccc(Cl)cc43)C2)(C2CC2)N1. The summed E-state index contributed by atoms with van der Waals surface area (Å²) in [6.07, 6.45) is 2.12. The molecule has 2 aliphatic heterocycles. The fraction of sp³-hybridized carbons (Fsp3) is 0.500. The van der Waals surface area contributed by atoms with Crippen molar-refractivity contribution < 1.29 is 14.7 Å². The largest absolute Gasteiger partial charge is 0.378 e. The lowest BCUT2D eigenvalue weighted by Crippen LogP contribution is -2.50. The van der Waals surface area contributed by atoms with Crippen molar-refractivity contribution in [2.75, 3.05) is 6.54 Å². The molecule has 2 fully saturated rings. The number of amides is 3. The normalized spacial score (nSPS) is 26.2. The van der Waals surface area contributed by atoms with Gasteiger partial charge in [-0.3, -0.25) is 15.0 Å². The van der Waals surface area contributed by atoms with Crippen LogP contribution in [0.5, 0.6) is 0 Å². The zero-order valence-electron chi connectivity index (χ0n) is 15.4. The molecule has 0 bridgehead atoms. The number of aliphatic hydroxyl groups is 1. The van der Waals surface area contributed by atoms with Crippen LogP contribution in [-0.2, 0) is 17.9 Å². The van der Waals surface area contributed by atoms with Crippen LogP contribution in [0.3, 0.4) is 0 Å². The van der Waals surface area contributed by atoms with E-state index in [1.54, 1.807) is 0 Å². The first-order valence-electron chi connectivity index (χ1n) is 9.80. The number of halogens is 1. The van der Waals surface area contributed by atoms with Gasteiger partial charge < -0.3 is 15.0 Å². The van der Waals surface area contributed by atoms with Gasteiger partial charge >= 0.3 is 6.03 Å². The summed E-state index contributed by atoms with van der Waals surface area (Å²) in [4.78, 5) is 26.1. The lowest BCUT2D eigenvalue weighted by molar-refractivity contribution is -0.125. The zero-order chi connectivity index (χ0) is 19.5. The summed E-state index contributed by atoms with van der Waals surface area (Å²) in [6, 6.07) is 7.60. The molecule has 1 saturated heterocycles. The molecule has 5 rings (SSSR count). The molecule has 1 aromatic heterocycles. The number of aliphatic hydroxyl groups excluding tert-OH is 1. The average Bonchev–Trinajstić information content (AvgIpc) is 3.40. The van der Waals surface area contributed by atoms with Gasteiger partial charge in [0.05, 0.1) is 0 Å². The van der Waals surface area contributed by atoms with Crippen molar-refractivity contribution >= 4 is 34.4 Å². The second-order valence-electron chi connectivity index (χ2n) is 8.13. The number of rotatable bonds is 5. The predicted molar refractivity (Wildman–Crippen MR) is 105 cm³/mol. The number of benzene rings is 1. The Balaban J connectivity index is 1.29. The smallest absolute Gasteiger partial charge is 0.322 e. The molecule has 28 heavy (non-hydrogen) atoms. The van der Waals surface area contributed by atoms with E-state index >= 15 is 0 Å². The van der Waals surface area contributed by atoms with Gasteiger partial charge in [0.15, 0.2) is 0 Å². The first-order valence-corrected chi connectivity index (χ1v) is 10.2. The fourth-order valence-corrected chi connectivity index (χ4v) is 4.90. The maximum absolute atomic E-state index is 12.4. The Morgan fingerprint density at radius 2 is 2.07 bits per heavy atom. The third-order valence-corrected chi connectivity index (χ3v) is 6.62. The molecule has 2 aromatic rings. The zero-order valence-corrected chi connectivity index (χ0v) is 16.2. The highest BCUT2D eigenvalue weighted by atomic mass is 35.5. The molecule has 8 heteroatoms. The number of hydrogen-bond donors (Lipinski definition) is 3. The van der Waals surface area contributed by atoms with Gasteiger partial charge in [-0.15, -0.1) is 0 Å². The third kappa shape index (κ3) is 2.89. The predicted octanol–water partition coefficient (Wildman–Crippen LogP) is 2.20. The van der Waals surface area contributed by atoms with Crippen molar-refractivity contribution in [3.8, 4) is 0 Å². The number of nitrogens with one attached hydrogen (secondary N) is 2. The second-order valence-corrected chi connectivity index (χ2v) is 8.57. The van der Waals surface area contributed by atoms with Gasteiger partial charge in [-0.05, 0) is 49.8 Å². The standard InChI is InChI=1S/C20H23ClN4O3/c21-14-4-1-12-9-15-11-24(7-8-25(15)16(12)10-14)17(26)5-6-20(13-2-3-13)18(27)22-19(28)23-20/h1,4,9-10,13,17,26H,2-3,5-8,11H2,(H2,22,23,27,28)/t17-,20-/m0/s1. The Labute approximate surface area is 167 Å². The Kier molecular flexibility index (Phi) is 4.15. The number of imide groups is 1. The van der Waals surface area contributed by atoms with Crippen molar-refractivity contribution in [1.29, 1.82) is 0 Å². The van der Waals surface area contributed by atoms with E-state index < -0.39 is 17.8 Å². The van der Waals surface area contributed by atoms with E-state index in [1.807, 2.05) is 23.1 Å². The minimum atomic E-state index is -0.848. The maximum Gasteiger partial charge on any atom is 0.322 e. The Morgan fingerprint density at radius 3 is 2.79 bits per heavy atom. The lowest BCUT2D eigenvalue weighted by atomic mass is 9.87. The van der Waals surface area contributed by atoms with Crippen molar-refractivity contribution in [2.24, 2.45) is 5.92 Å². The topological polar surface area (TPSA) is 86.6 Å². The summed E-state index contributed by atoms with van der Waals surface area (Å²) < 4.78 is 2.25. The molecule has 3 heterocycles. The number of carbonyl (C=O) groups is 2. The number of fused-ring (bicyclic) bond motifs is 3. The Morgan fingerprint density at radius 1 is 1.25 bits per heavy atom. The maximum atomic E-state index is 12.4. The van der Waals surface area contributed by atoms with Crippen LogP contribution in [0.1, 0.15) is 31.4 Å². The molecule has 7 nitrogen and oxygen atoms in total. The molecule has 3 aliphatic rings. The van der Waals surface area contributed by atoms with Crippen LogP contribution in [0.15, 0.2) is 24.3 Å². The summed E-state index contributed by atoms with van der Waals surface area (Å²) in [6.45, 7) is 2.14. The number of urea groups is 1. The Bertz CT molecular complexity index is 970. The minimum absolute atomic E-state index is 0.180. The molecule has 1 saturated carbocycles. The Hall–Kier alpha value is -2.09. The van der Waals surface area contributed by atoms with Gasteiger partial charge in [-0.1, -0.05) is 17.7 Å². The van der Waals surface area contributed by atoms with Crippen LogP contribution in [0.2, 0.25) is 5.02 Å². The van der Waals surface area contributed by atoms with Crippen LogP contribution >= 0.6 is 11.6 Å². The molecule has 1 aliphatic carbocycles. The van der Waals surface area contributed by atoms with E-state index in [-0.39, 0.29) is 11.8 Å².